The van der Waals surface area contributed by atoms with E-state index in [4.69, 9.17) is 9.52 Å². The first kappa shape index (κ1) is 12.6. The van der Waals surface area contributed by atoms with E-state index in [2.05, 4.69) is 5.32 Å². The number of para-hydroxylation sites is 1. The lowest BCUT2D eigenvalue weighted by molar-refractivity contribution is 0.0696. The topological polar surface area (TPSA) is 62.5 Å². The third-order valence-corrected chi connectivity index (χ3v) is 3.26. The molecule has 0 atom stereocenters. The van der Waals surface area contributed by atoms with Gasteiger partial charge in [0.2, 0.25) is 0 Å². The normalized spacial score (nSPS) is 10.3. The maximum Gasteiger partial charge on any atom is 0.338 e. The highest BCUT2D eigenvalue weighted by atomic mass is 32.2. The molecule has 0 saturated carbocycles. The molecule has 2 aromatic rings. The summed E-state index contributed by atoms with van der Waals surface area (Å²) >= 11 is 1.65. The molecule has 0 fully saturated rings. The van der Waals surface area contributed by atoms with Crippen LogP contribution in [0.2, 0.25) is 0 Å². The van der Waals surface area contributed by atoms with Crippen molar-refractivity contribution in [2.24, 2.45) is 0 Å². The molecule has 1 aromatic heterocycles. The molecule has 0 saturated heterocycles. The van der Waals surface area contributed by atoms with Crippen molar-refractivity contribution in [3.8, 4) is 0 Å². The van der Waals surface area contributed by atoms with Gasteiger partial charge in [-0.1, -0.05) is 12.1 Å². The number of hydrogen-bond acceptors (Lipinski definition) is 4. The van der Waals surface area contributed by atoms with Crippen LogP contribution in [-0.2, 0) is 6.54 Å². The van der Waals surface area contributed by atoms with Crippen LogP contribution >= 0.6 is 11.8 Å². The van der Waals surface area contributed by atoms with E-state index in [1.54, 1.807) is 11.8 Å². The highest BCUT2D eigenvalue weighted by Gasteiger charge is 2.08. The van der Waals surface area contributed by atoms with Gasteiger partial charge in [0.25, 0.3) is 0 Å². The molecule has 4 nitrogen and oxygen atoms in total. The Hall–Kier alpha value is -1.88. The van der Waals surface area contributed by atoms with Crippen molar-refractivity contribution in [1.82, 2.24) is 0 Å². The molecule has 5 heteroatoms. The number of benzene rings is 1. The van der Waals surface area contributed by atoms with Gasteiger partial charge in [0.15, 0.2) is 0 Å². The molecule has 0 aliphatic rings. The van der Waals surface area contributed by atoms with Crippen LogP contribution in [0.3, 0.4) is 0 Å². The van der Waals surface area contributed by atoms with Crippen LogP contribution in [-0.4, -0.2) is 17.3 Å². The Kier molecular flexibility index (Phi) is 3.94. The minimum atomic E-state index is -0.977. The summed E-state index contributed by atoms with van der Waals surface area (Å²) in [7, 11) is 0. The minimum Gasteiger partial charge on any atom is -0.478 e. The van der Waals surface area contributed by atoms with Crippen molar-refractivity contribution >= 4 is 23.4 Å². The second-order valence-corrected chi connectivity index (χ2v) is 4.51. The lowest BCUT2D eigenvalue weighted by Crippen LogP contribution is -1.99. The average molecular weight is 263 g/mol. The highest BCUT2D eigenvalue weighted by Crippen LogP contribution is 2.25. The van der Waals surface area contributed by atoms with E-state index in [-0.39, 0.29) is 5.56 Å². The Morgan fingerprint density at radius 1 is 1.44 bits per heavy atom. The number of carboxylic acids is 1. The third-order valence-electron chi connectivity index (χ3n) is 2.46. The Labute approximate surface area is 109 Å². The van der Waals surface area contributed by atoms with Crippen LogP contribution in [0.4, 0.5) is 5.69 Å². The van der Waals surface area contributed by atoms with E-state index in [1.807, 2.05) is 30.5 Å². The first-order valence-electron chi connectivity index (χ1n) is 5.38. The zero-order valence-electron chi connectivity index (χ0n) is 9.84. The zero-order chi connectivity index (χ0) is 13.0. The van der Waals surface area contributed by atoms with Crippen molar-refractivity contribution in [2.75, 3.05) is 11.6 Å². The second-order valence-electron chi connectivity index (χ2n) is 3.66. The van der Waals surface area contributed by atoms with E-state index >= 15 is 0 Å². The van der Waals surface area contributed by atoms with Gasteiger partial charge in [-0.2, -0.15) is 0 Å². The summed E-state index contributed by atoms with van der Waals surface area (Å²) in [5.74, 6) is -0.377. The van der Waals surface area contributed by atoms with Gasteiger partial charge in [0.05, 0.1) is 12.1 Å². The van der Waals surface area contributed by atoms with Gasteiger partial charge in [-0.3, -0.25) is 0 Å². The molecule has 1 heterocycles. The number of carbonyl (C=O) groups is 1. The number of thioether (sulfide) groups is 1. The predicted octanol–water partition coefficient (Wildman–Crippen LogP) is 3.31. The van der Waals surface area contributed by atoms with Gasteiger partial charge >= 0.3 is 5.97 Å². The fourth-order valence-corrected chi connectivity index (χ4v) is 2.13. The molecule has 2 rings (SSSR count). The van der Waals surface area contributed by atoms with Gasteiger partial charge in [-0.05, 0) is 24.5 Å². The summed E-state index contributed by atoms with van der Waals surface area (Å²) < 4.78 is 5.17. The predicted molar refractivity (Wildman–Crippen MR) is 71.2 cm³/mol. The first-order valence-corrected chi connectivity index (χ1v) is 6.61. The van der Waals surface area contributed by atoms with E-state index in [0.717, 1.165) is 10.6 Å². The number of anilines is 1. The van der Waals surface area contributed by atoms with Crippen LogP contribution in [0.25, 0.3) is 0 Å². The highest BCUT2D eigenvalue weighted by molar-refractivity contribution is 7.98. The van der Waals surface area contributed by atoms with Gasteiger partial charge in [0, 0.05) is 10.6 Å². The number of aromatic carboxylic acids is 1. The van der Waals surface area contributed by atoms with Gasteiger partial charge in [-0.15, -0.1) is 11.8 Å². The molecule has 0 aliphatic heterocycles. The smallest absolute Gasteiger partial charge is 0.338 e. The summed E-state index contributed by atoms with van der Waals surface area (Å²) in [4.78, 5) is 11.8. The largest absolute Gasteiger partial charge is 0.478 e. The van der Waals surface area contributed by atoms with Crippen LogP contribution in [0.15, 0.2) is 45.9 Å². The lowest BCUT2D eigenvalue weighted by atomic mass is 10.3. The van der Waals surface area contributed by atoms with Gasteiger partial charge in [-0.25, -0.2) is 4.79 Å². The van der Waals surface area contributed by atoms with Crippen molar-refractivity contribution in [1.29, 1.82) is 0 Å². The quantitative estimate of drug-likeness (QED) is 0.810. The molecule has 0 spiro atoms. The number of furan rings is 1. The monoisotopic (exact) mass is 263 g/mol. The Balaban J connectivity index is 2.04. The minimum absolute atomic E-state index is 0.171. The Bertz CT molecular complexity index is 551. The summed E-state index contributed by atoms with van der Waals surface area (Å²) in [5, 5.41) is 12.0. The summed E-state index contributed by atoms with van der Waals surface area (Å²) in [6.07, 6.45) is 3.26. The second kappa shape index (κ2) is 5.64. The molecule has 0 unspecified atom stereocenters. The molecular weight excluding hydrogens is 250 g/mol. The maximum absolute atomic E-state index is 10.7. The van der Waals surface area contributed by atoms with E-state index in [9.17, 15) is 4.79 Å². The molecule has 0 radical (unpaired) electrons. The molecular formula is C13H13NO3S. The van der Waals surface area contributed by atoms with Crippen molar-refractivity contribution in [3.05, 3.63) is 47.9 Å². The summed E-state index contributed by atoms with van der Waals surface area (Å²) in [6.45, 7) is 0.463. The van der Waals surface area contributed by atoms with E-state index in [1.165, 1.54) is 12.3 Å². The van der Waals surface area contributed by atoms with E-state index < -0.39 is 5.97 Å². The Morgan fingerprint density at radius 2 is 2.22 bits per heavy atom. The third kappa shape index (κ3) is 2.87. The molecule has 2 N–H and O–H groups in total. The molecule has 0 bridgehead atoms. The number of rotatable bonds is 5. The van der Waals surface area contributed by atoms with Gasteiger partial charge in [0.1, 0.15) is 12.0 Å². The maximum atomic E-state index is 10.7. The summed E-state index contributed by atoms with van der Waals surface area (Å²) in [5.41, 5.74) is 1.18. The summed E-state index contributed by atoms with van der Waals surface area (Å²) in [6, 6.07) is 9.46. The zero-order valence-corrected chi connectivity index (χ0v) is 10.7. The number of hydrogen-bond donors (Lipinski definition) is 2. The van der Waals surface area contributed by atoms with Crippen LogP contribution in [0, 0.1) is 0 Å². The fourth-order valence-electron chi connectivity index (χ4n) is 1.56. The lowest BCUT2D eigenvalue weighted by Gasteiger charge is -2.08. The molecule has 18 heavy (non-hydrogen) atoms. The molecule has 0 aliphatic carbocycles. The van der Waals surface area contributed by atoms with Crippen LogP contribution in [0.5, 0.6) is 0 Å². The number of nitrogens with one attached hydrogen (secondary N) is 1. The molecule has 1 aromatic carbocycles. The first-order chi connectivity index (χ1) is 8.70. The van der Waals surface area contributed by atoms with Crippen LogP contribution in [0.1, 0.15) is 16.1 Å². The van der Waals surface area contributed by atoms with Gasteiger partial charge < -0.3 is 14.8 Å². The number of carboxylic acid groups (broad SMARTS) is 1. The molecule has 94 valence electrons. The van der Waals surface area contributed by atoms with Crippen LogP contribution < -0.4 is 5.32 Å². The SMILES string of the molecule is CSc1ccccc1NCc1cc(C(=O)O)co1. The van der Waals surface area contributed by atoms with Crippen molar-refractivity contribution in [3.63, 3.8) is 0 Å². The molecule has 0 amide bonds. The van der Waals surface area contributed by atoms with Crippen molar-refractivity contribution in [2.45, 2.75) is 11.4 Å². The Morgan fingerprint density at radius 3 is 2.89 bits per heavy atom. The standard InChI is InChI=1S/C13H13NO3S/c1-18-12-5-3-2-4-11(12)14-7-10-6-9(8-17-10)13(15)16/h2-6,8,14H,7H2,1H3,(H,15,16). The van der Waals surface area contributed by atoms with E-state index in [0.29, 0.717) is 12.3 Å². The average Bonchev–Trinajstić information content (AvgIpc) is 2.85. The van der Waals surface area contributed by atoms with Crippen molar-refractivity contribution < 1.29 is 14.3 Å². The fraction of sp³-hybridized carbons (Fsp3) is 0.154.